The third-order valence-corrected chi connectivity index (χ3v) is 9.47. The molecule has 4 unspecified atom stereocenters. The standard InChI is InChI=1S/C16H13F2I3O7S/c17-16(18,29(24,25)26)15(23)28-12-3-6-1-7(12)2-11(6)27-14(22)9-4-8(19)5-10(20)13(9)21/h4-7,11-12H,1-3H2,(H,24,25,26)/p-1. The van der Waals surface area contributed by atoms with Gasteiger partial charge in [0.2, 0.25) is 0 Å². The first-order valence-corrected chi connectivity index (χ1v) is 12.9. The quantitative estimate of drug-likeness (QED) is 0.196. The molecular weight excluding hydrogens is 755 g/mol. The van der Waals surface area contributed by atoms with E-state index in [2.05, 4.69) is 72.5 Å². The fraction of sp³-hybridized carbons (Fsp3) is 0.500. The molecule has 1 aromatic rings. The summed E-state index contributed by atoms with van der Waals surface area (Å²) in [7, 11) is -6.15. The number of alkyl halides is 2. The van der Waals surface area contributed by atoms with Crippen LogP contribution in [0.2, 0.25) is 0 Å². The molecule has 0 spiro atoms. The van der Waals surface area contributed by atoms with Crippen molar-refractivity contribution >= 4 is 89.8 Å². The number of fused-ring (bicyclic) bond motifs is 2. The Balaban J connectivity index is 1.63. The van der Waals surface area contributed by atoms with Crippen LogP contribution in [0.1, 0.15) is 29.6 Å². The van der Waals surface area contributed by atoms with Gasteiger partial charge < -0.3 is 14.0 Å². The van der Waals surface area contributed by atoms with Gasteiger partial charge in [-0.2, -0.15) is 8.78 Å². The number of rotatable bonds is 5. The van der Waals surface area contributed by atoms with Gasteiger partial charge in [-0.25, -0.2) is 18.0 Å². The lowest BCUT2D eigenvalue weighted by atomic mass is 9.95. The van der Waals surface area contributed by atoms with Gasteiger partial charge in [-0.05, 0) is 111 Å². The molecule has 7 nitrogen and oxygen atoms in total. The van der Waals surface area contributed by atoms with E-state index in [1.807, 2.05) is 6.07 Å². The van der Waals surface area contributed by atoms with Gasteiger partial charge in [-0.1, -0.05) is 0 Å². The number of esters is 2. The van der Waals surface area contributed by atoms with E-state index in [1.54, 1.807) is 6.07 Å². The zero-order valence-corrected chi connectivity index (χ0v) is 21.5. The molecule has 0 saturated heterocycles. The number of carbonyl (C=O) groups excluding carboxylic acids is 2. The summed E-state index contributed by atoms with van der Waals surface area (Å²) in [6.07, 6.45) is -0.426. The number of benzene rings is 1. The minimum atomic E-state index is -6.15. The van der Waals surface area contributed by atoms with Crippen LogP contribution in [0.3, 0.4) is 0 Å². The minimum absolute atomic E-state index is 0.157. The molecule has 4 atom stereocenters. The fourth-order valence-corrected chi connectivity index (χ4v) is 6.30. The van der Waals surface area contributed by atoms with Crippen molar-refractivity contribution in [2.45, 2.75) is 36.7 Å². The zero-order valence-electron chi connectivity index (χ0n) is 14.2. The third-order valence-electron chi connectivity index (χ3n) is 5.01. The largest absolute Gasteiger partial charge is 0.743 e. The van der Waals surface area contributed by atoms with Crippen LogP contribution in [-0.2, 0) is 24.4 Å². The van der Waals surface area contributed by atoms with E-state index in [1.165, 1.54) is 0 Å². The summed E-state index contributed by atoms with van der Waals surface area (Å²) in [4.78, 5) is 24.0. The topological polar surface area (TPSA) is 110 Å². The van der Waals surface area contributed by atoms with Gasteiger partial charge in [0.15, 0.2) is 10.1 Å². The summed E-state index contributed by atoms with van der Waals surface area (Å²) < 4.78 is 71.1. The van der Waals surface area contributed by atoms with Gasteiger partial charge in [0, 0.05) is 10.7 Å². The first-order chi connectivity index (χ1) is 13.3. The summed E-state index contributed by atoms with van der Waals surface area (Å²) >= 11 is 6.28. The number of carbonyl (C=O) groups is 2. The lowest BCUT2D eigenvalue weighted by Crippen LogP contribution is -2.42. The van der Waals surface area contributed by atoms with Gasteiger partial charge >= 0.3 is 17.2 Å². The average Bonchev–Trinajstić information content (AvgIpc) is 3.16. The van der Waals surface area contributed by atoms with Crippen LogP contribution in [0.4, 0.5) is 8.78 Å². The SMILES string of the molecule is O=C(OC1CC2CC1CC2OC(=O)C(F)(F)S(=O)(=O)[O-])c1cc(I)cc(I)c1I. The van der Waals surface area contributed by atoms with Crippen LogP contribution >= 0.6 is 67.8 Å². The Bertz CT molecular complexity index is 970. The monoisotopic (exact) mass is 767 g/mol. The molecule has 0 radical (unpaired) electrons. The van der Waals surface area contributed by atoms with Gasteiger partial charge in [-0.3, -0.25) is 0 Å². The van der Waals surface area contributed by atoms with Gasteiger partial charge in [0.1, 0.15) is 12.2 Å². The van der Waals surface area contributed by atoms with Crippen LogP contribution in [0.15, 0.2) is 12.1 Å². The van der Waals surface area contributed by atoms with Crippen LogP contribution in [0, 0.1) is 22.5 Å². The molecule has 29 heavy (non-hydrogen) atoms. The van der Waals surface area contributed by atoms with Crippen LogP contribution in [-0.4, -0.2) is 42.4 Å². The molecule has 0 N–H and O–H groups in total. The summed E-state index contributed by atoms with van der Waals surface area (Å²) in [5.74, 6) is -3.39. The lowest BCUT2D eigenvalue weighted by molar-refractivity contribution is -0.170. The highest BCUT2D eigenvalue weighted by Gasteiger charge is 2.54. The van der Waals surface area contributed by atoms with Crippen molar-refractivity contribution in [1.82, 2.24) is 0 Å². The van der Waals surface area contributed by atoms with Crippen molar-refractivity contribution in [2.24, 2.45) is 11.8 Å². The Morgan fingerprint density at radius 3 is 2.10 bits per heavy atom. The van der Waals surface area contributed by atoms with E-state index in [4.69, 9.17) is 4.74 Å². The molecule has 13 heteroatoms. The first kappa shape index (κ1) is 23.8. The Labute approximate surface area is 205 Å². The molecular formula is C16H12F2I3O7S-. The van der Waals surface area contributed by atoms with Crippen molar-refractivity contribution in [2.75, 3.05) is 0 Å². The van der Waals surface area contributed by atoms with Gasteiger partial charge in [0.25, 0.3) is 0 Å². The second-order valence-corrected chi connectivity index (χ2v) is 11.7. The lowest BCUT2D eigenvalue weighted by Gasteiger charge is -2.29. The predicted molar refractivity (Wildman–Crippen MR) is 119 cm³/mol. The summed E-state index contributed by atoms with van der Waals surface area (Å²) in [5.41, 5.74) is 0.438. The second kappa shape index (κ2) is 8.57. The van der Waals surface area contributed by atoms with E-state index >= 15 is 0 Å². The molecule has 3 rings (SSSR count). The smallest absolute Gasteiger partial charge is 0.428 e. The Hall–Kier alpha value is 0.120. The number of halogens is 5. The van der Waals surface area contributed by atoms with Crippen LogP contribution < -0.4 is 0 Å². The molecule has 2 aliphatic carbocycles. The Morgan fingerprint density at radius 2 is 1.59 bits per heavy atom. The van der Waals surface area contributed by atoms with Crippen molar-refractivity contribution in [3.05, 3.63) is 28.4 Å². The van der Waals surface area contributed by atoms with Crippen LogP contribution in [0.25, 0.3) is 0 Å². The minimum Gasteiger partial charge on any atom is -0.743 e. The maximum atomic E-state index is 13.3. The van der Waals surface area contributed by atoms with Gasteiger partial charge in [0.05, 0.1) is 5.56 Å². The van der Waals surface area contributed by atoms with E-state index in [0.717, 1.165) is 10.7 Å². The number of ether oxygens (including phenoxy) is 2. The van der Waals surface area contributed by atoms with E-state index in [0.29, 0.717) is 18.4 Å². The molecule has 2 aliphatic rings. The van der Waals surface area contributed by atoms with Crippen molar-refractivity contribution in [3.8, 4) is 0 Å². The number of hydrogen-bond acceptors (Lipinski definition) is 7. The Kier molecular flexibility index (Phi) is 7.03. The molecule has 2 bridgehead atoms. The predicted octanol–water partition coefficient (Wildman–Crippen LogP) is 3.51. The highest BCUT2D eigenvalue weighted by atomic mass is 127. The van der Waals surface area contributed by atoms with Crippen molar-refractivity contribution < 1.29 is 40.8 Å². The third kappa shape index (κ3) is 4.82. The molecule has 2 fully saturated rings. The van der Waals surface area contributed by atoms with E-state index < -0.39 is 39.5 Å². The first-order valence-electron chi connectivity index (χ1n) is 8.21. The molecule has 0 heterocycles. The molecule has 0 aromatic heterocycles. The Morgan fingerprint density at radius 1 is 1.03 bits per heavy atom. The molecule has 160 valence electrons. The second-order valence-electron chi connectivity index (χ2n) is 6.83. The summed E-state index contributed by atoms with van der Waals surface area (Å²) in [5, 5.41) is -5.13. The zero-order chi connectivity index (χ0) is 21.7. The molecule has 0 amide bonds. The molecule has 1 aromatic carbocycles. The summed E-state index contributed by atoms with van der Waals surface area (Å²) in [6, 6.07) is 3.64. The normalized spacial score (nSPS) is 26.4. The maximum Gasteiger partial charge on any atom is 0.428 e. The van der Waals surface area contributed by atoms with Crippen molar-refractivity contribution in [1.29, 1.82) is 0 Å². The molecule has 2 saturated carbocycles. The van der Waals surface area contributed by atoms with Crippen LogP contribution in [0.5, 0.6) is 0 Å². The van der Waals surface area contributed by atoms with E-state index in [9.17, 15) is 31.3 Å². The number of hydrogen-bond donors (Lipinski definition) is 0. The highest BCUT2D eigenvalue weighted by molar-refractivity contribution is 14.1. The van der Waals surface area contributed by atoms with E-state index in [-0.39, 0.29) is 18.3 Å². The van der Waals surface area contributed by atoms with Crippen molar-refractivity contribution in [3.63, 3.8) is 0 Å². The fourth-order valence-electron chi connectivity index (χ4n) is 3.67. The summed E-state index contributed by atoms with van der Waals surface area (Å²) in [6.45, 7) is 0. The average molecular weight is 767 g/mol. The van der Waals surface area contributed by atoms with Gasteiger partial charge in [-0.15, -0.1) is 0 Å². The maximum absolute atomic E-state index is 13.3. The highest BCUT2D eigenvalue weighted by Crippen LogP contribution is 2.48. The molecule has 0 aliphatic heterocycles.